The van der Waals surface area contributed by atoms with Crippen molar-refractivity contribution in [2.45, 2.75) is 25.7 Å². The Morgan fingerprint density at radius 1 is 1.08 bits per heavy atom. The van der Waals surface area contributed by atoms with E-state index in [2.05, 4.69) is 5.32 Å². The zero-order chi connectivity index (χ0) is 9.23. The highest BCUT2D eigenvalue weighted by Gasteiger charge is 1.98. The van der Waals surface area contributed by atoms with Crippen molar-refractivity contribution < 1.29 is 4.79 Å². The van der Waals surface area contributed by atoms with Crippen LogP contribution in [0.4, 0.5) is 0 Å². The van der Waals surface area contributed by atoms with Gasteiger partial charge in [-0.05, 0) is 32.4 Å². The van der Waals surface area contributed by atoms with E-state index >= 15 is 0 Å². The van der Waals surface area contributed by atoms with Gasteiger partial charge in [-0.25, -0.2) is 0 Å². The summed E-state index contributed by atoms with van der Waals surface area (Å²) in [5.41, 5.74) is 10.6. The molecule has 5 N–H and O–H groups in total. The fourth-order valence-corrected chi connectivity index (χ4v) is 0.848. The summed E-state index contributed by atoms with van der Waals surface area (Å²) in [4.78, 5) is 11.0. The molecular formula is C8H19N3O. The van der Waals surface area contributed by atoms with Crippen molar-refractivity contribution in [3.05, 3.63) is 0 Å². The molecular weight excluding hydrogens is 154 g/mol. The minimum absolute atomic E-state index is 0.108. The highest BCUT2D eigenvalue weighted by atomic mass is 16.1. The van der Waals surface area contributed by atoms with E-state index in [-0.39, 0.29) is 5.91 Å². The minimum atomic E-state index is 0.108. The lowest BCUT2D eigenvalue weighted by Gasteiger charge is -2.02. The molecule has 0 radical (unpaired) electrons. The molecule has 0 fully saturated rings. The summed E-state index contributed by atoms with van der Waals surface area (Å²) >= 11 is 0. The summed E-state index contributed by atoms with van der Waals surface area (Å²) in [5, 5.41) is 2.78. The Morgan fingerprint density at radius 2 is 1.75 bits per heavy atom. The van der Waals surface area contributed by atoms with Crippen LogP contribution in [0.1, 0.15) is 25.7 Å². The van der Waals surface area contributed by atoms with Gasteiger partial charge in [-0.15, -0.1) is 0 Å². The third kappa shape index (κ3) is 7.50. The van der Waals surface area contributed by atoms with Crippen molar-refractivity contribution in [2.75, 3.05) is 19.6 Å². The highest BCUT2D eigenvalue weighted by Crippen LogP contribution is 1.92. The molecule has 0 aliphatic carbocycles. The van der Waals surface area contributed by atoms with Crippen molar-refractivity contribution in [2.24, 2.45) is 11.5 Å². The van der Waals surface area contributed by atoms with Crippen LogP contribution in [0.5, 0.6) is 0 Å². The molecule has 72 valence electrons. The van der Waals surface area contributed by atoms with Crippen LogP contribution in [-0.2, 0) is 4.79 Å². The predicted molar refractivity (Wildman–Crippen MR) is 49.6 cm³/mol. The number of carbonyl (C=O) groups excluding carboxylic acids is 1. The lowest BCUT2D eigenvalue weighted by molar-refractivity contribution is -0.121. The lowest BCUT2D eigenvalue weighted by atomic mass is 10.2. The van der Waals surface area contributed by atoms with E-state index in [0.717, 1.165) is 19.3 Å². The number of nitrogens with one attached hydrogen (secondary N) is 1. The highest BCUT2D eigenvalue weighted by molar-refractivity contribution is 5.75. The second kappa shape index (κ2) is 8.49. The molecule has 0 saturated carbocycles. The van der Waals surface area contributed by atoms with Gasteiger partial charge in [-0.1, -0.05) is 0 Å². The first-order chi connectivity index (χ1) is 5.81. The van der Waals surface area contributed by atoms with Gasteiger partial charge in [0.25, 0.3) is 0 Å². The molecule has 0 aliphatic heterocycles. The number of unbranched alkanes of at least 4 members (excludes halogenated alkanes) is 1. The Hall–Kier alpha value is -0.610. The van der Waals surface area contributed by atoms with Gasteiger partial charge in [-0.3, -0.25) is 4.79 Å². The molecule has 0 aromatic heterocycles. The molecule has 0 saturated heterocycles. The fourth-order valence-electron chi connectivity index (χ4n) is 0.848. The standard InChI is InChI=1S/C8H19N3O/c9-5-2-1-4-8(12)11-7-3-6-10/h1-7,9-10H2,(H,11,12). The lowest BCUT2D eigenvalue weighted by Crippen LogP contribution is -2.25. The Balaban J connectivity index is 3.10. The summed E-state index contributed by atoms with van der Waals surface area (Å²) < 4.78 is 0. The first-order valence-electron chi connectivity index (χ1n) is 4.48. The van der Waals surface area contributed by atoms with Crippen LogP contribution in [0.3, 0.4) is 0 Å². The zero-order valence-corrected chi connectivity index (χ0v) is 7.51. The van der Waals surface area contributed by atoms with E-state index in [0.29, 0.717) is 26.1 Å². The maximum Gasteiger partial charge on any atom is 0.219 e. The van der Waals surface area contributed by atoms with Crippen LogP contribution in [0.15, 0.2) is 0 Å². The number of hydrogen-bond acceptors (Lipinski definition) is 3. The maximum absolute atomic E-state index is 11.0. The number of nitrogens with two attached hydrogens (primary N) is 2. The predicted octanol–water partition coefficient (Wildman–Crippen LogP) is -0.420. The molecule has 0 heterocycles. The van der Waals surface area contributed by atoms with Crippen LogP contribution in [0.2, 0.25) is 0 Å². The Kier molecular flexibility index (Phi) is 8.05. The van der Waals surface area contributed by atoms with Crippen molar-refractivity contribution in [3.63, 3.8) is 0 Å². The van der Waals surface area contributed by atoms with Gasteiger partial charge in [-0.2, -0.15) is 0 Å². The van der Waals surface area contributed by atoms with Gasteiger partial charge in [0, 0.05) is 13.0 Å². The molecule has 0 atom stereocenters. The molecule has 0 rings (SSSR count). The summed E-state index contributed by atoms with van der Waals surface area (Å²) in [5.74, 6) is 0.108. The maximum atomic E-state index is 11.0. The number of amides is 1. The number of carbonyl (C=O) groups is 1. The quantitative estimate of drug-likeness (QED) is 0.457. The van der Waals surface area contributed by atoms with E-state index in [4.69, 9.17) is 11.5 Å². The topological polar surface area (TPSA) is 81.1 Å². The van der Waals surface area contributed by atoms with E-state index in [1.165, 1.54) is 0 Å². The largest absolute Gasteiger partial charge is 0.356 e. The van der Waals surface area contributed by atoms with Gasteiger partial charge in [0.2, 0.25) is 5.91 Å². The van der Waals surface area contributed by atoms with Gasteiger partial charge < -0.3 is 16.8 Å². The molecule has 0 aromatic rings. The number of rotatable bonds is 7. The van der Waals surface area contributed by atoms with Crippen LogP contribution in [0, 0.1) is 0 Å². The normalized spacial score (nSPS) is 9.83. The van der Waals surface area contributed by atoms with E-state index in [1.807, 2.05) is 0 Å². The van der Waals surface area contributed by atoms with Crippen molar-refractivity contribution in [1.82, 2.24) is 5.32 Å². The molecule has 0 aromatic carbocycles. The van der Waals surface area contributed by atoms with Crippen LogP contribution in [0.25, 0.3) is 0 Å². The number of hydrogen-bond donors (Lipinski definition) is 3. The molecule has 0 aliphatic rings. The average molecular weight is 173 g/mol. The smallest absolute Gasteiger partial charge is 0.219 e. The first kappa shape index (κ1) is 11.4. The van der Waals surface area contributed by atoms with Crippen molar-refractivity contribution in [3.8, 4) is 0 Å². The monoisotopic (exact) mass is 173 g/mol. The van der Waals surface area contributed by atoms with Gasteiger partial charge >= 0.3 is 0 Å². The van der Waals surface area contributed by atoms with Gasteiger partial charge in [0.05, 0.1) is 0 Å². The Morgan fingerprint density at radius 3 is 2.33 bits per heavy atom. The molecule has 4 heteroatoms. The van der Waals surface area contributed by atoms with Crippen molar-refractivity contribution in [1.29, 1.82) is 0 Å². The van der Waals surface area contributed by atoms with E-state index in [1.54, 1.807) is 0 Å². The zero-order valence-electron chi connectivity index (χ0n) is 7.51. The first-order valence-corrected chi connectivity index (χ1v) is 4.48. The minimum Gasteiger partial charge on any atom is -0.356 e. The van der Waals surface area contributed by atoms with Crippen LogP contribution in [-0.4, -0.2) is 25.5 Å². The van der Waals surface area contributed by atoms with Crippen molar-refractivity contribution >= 4 is 5.91 Å². The third-order valence-corrected chi connectivity index (χ3v) is 1.56. The van der Waals surface area contributed by atoms with Gasteiger partial charge in [0.15, 0.2) is 0 Å². The molecule has 0 spiro atoms. The molecule has 1 amide bonds. The fraction of sp³-hybridized carbons (Fsp3) is 0.875. The van der Waals surface area contributed by atoms with Crippen LogP contribution >= 0.6 is 0 Å². The average Bonchev–Trinajstić information content (AvgIpc) is 2.06. The molecule has 12 heavy (non-hydrogen) atoms. The third-order valence-electron chi connectivity index (χ3n) is 1.56. The Labute approximate surface area is 73.7 Å². The second-order valence-corrected chi connectivity index (χ2v) is 2.74. The van der Waals surface area contributed by atoms with E-state index < -0.39 is 0 Å². The molecule has 0 bridgehead atoms. The summed E-state index contributed by atoms with van der Waals surface area (Å²) in [6.45, 7) is 1.98. The summed E-state index contributed by atoms with van der Waals surface area (Å²) in [6, 6.07) is 0. The molecule has 0 unspecified atom stereocenters. The summed E-state index contributed by atoms with van der Waals surface area (Å²) in [7, 11) is 0. The second-order valence-electron chi connectivity index (χ2n) is 2.74. The van der Waals surface area contributed by atoms with Crippen LogP contribution < -0.4 is 16.8 Å². The van der Waals surface area contributed by atoms with Gasteiger partial charge in [0.1, 0.15) is 0 Å². The van der Waals surface area contributed by atoms with E-state index in [9.17, 15) is 4.79 Å². The SMILES string of the molecule is NCCCCC(=O)NCCCN. The Bertz CT molecular complexity index is 105. The molecule has 4 nitrogen and oxygen atoms in total. The summed E-state index contributed by atoms with van der Waals surface area (Å²) in [6.07, 6.45) is 3.24.